The van der Waals surface area contributed by atoms with Crippen molar-refractivity contribution in [3.05, 3.63) is 77.4 Å². The Morgan fingerprint density at radius 2 is 1.73 bits per heavy atom. The van der Waals surface area contributed by atoms with Crippen LogP contribution in [-0.2, 0) is 6.42 Å². The first-order chi connectivity index (χ1) is 10.7. The fraction of sp³-hybridized carbons (Fsp3) is 0.105. The van der Waals surface area contributed by atoms with Crippen LogP contribution >= 0.6 is 11.3 Å². The van der Waals surface area contributed by atoms with Crippen molar-refractivity contribution in [2.75, 3.05) is 5.73 Å². The lowest BCUT2D eigenvalue weighted by atomic mass is 10.0. The summed E-state index contributed by atoms with van der Waals surface area (Å²) in [6.07, 6.45) is 0.965. The van der Waals surface area contributed by atoms with Gasteiger partial charge in [0.05, 0.1) is 10.6 Å². The number of nitrogens with two attached hydrogens (primary N) is 1. The molecule has 1 aromatic heterocycles. The van der Waals surface area contributed by atoms with Gasteiger partial charge in [0.2, 0.25) is 0 Å². The summed E-state index contributed by atoms with van der Waals surface area (Å²) in [6.45, 7) is 2.10. The van der Waals surface area contributed by atoms with Gasteiger partial charge in [-0.3, -0.25) is 4.79 Å². The predicted molar refractivity (Wildman–Crippen MR) is 93.4 cm³/mol. The molecular formula is C19H17NOS. The molecule has 3 heteroatoms. The number of nitrogen functional groups attached to an aromatic ring is 1. The third kappa shape index (κ3) is 2.81. The molecule has 2 nitrogen and oxygen atoms in total. The molecule has 0 atom stereocenters. The number of hydrogen-bond donors (Lipinski definition) is 1. The fourth-order valence-corrected chi connectivity index (χ4v) is 3.30. The Labute approximate surface area is 134 Å². The van der Waals surface area contributed by atoms with Gasteiger partial charge >= 0.3 is 0 Å². The van der Waals surface area contributed by atoms with Gasteiger partial charge in [-0.25, -0.2) is 0 Å². The Morgan fingerprint density at radius 3 is 2.36 bits per heavy atom. The van der Waals surface area contributed by atoms with E-state index in [-0.39, 0.29) is 5.78 Å². The molecule has 22 heavy (non-hydrogen) atoms. The van der Waals surface area contributed by atoms with Crippen molar-refractivity contribution < 1.29 is 4.79 Å². The Bertz CT molecular complexity index is 788. The van der Waals surface area contributed by atoms with E-state index < -0.39 is 0 Å². The van der Waals surface area contributed by atoms with E-state index in [1.54, 1.807) is 0 Å². The highest BCUT2D eigenvalue weighted by molar-refractivity contribution is 7.19. The molecule has 0 aliphatic heterocycles. The normalized spacial score (nSPS) is 10.6. The van der Waals surface area contributed by atoms with Gasteiger partial charge in [-0.05, 0) is 23.6 Å². The zero-order valence-corrected chi connectivity index (χ0v) is 13.2. The minimum Gasteiger partial charge on any atom is -0.390 e. The van der Waals surface area contributed by atoms with Crippen molar-refractivity contribution in [3.63, 3.8) is 0 Å². The topological polar surface area (TPSA) is 43.1 Å². The summed E-state index contributed by atoms with van der Waals surface area (Å²) in [6, 6.07) is 19.6. The maximum absolute atomic E-state index is 12.6. The molecule has 0 amide bonds. The van der Waals surface area contributed by atoms with E-state index in [1.807, 2.05) is 60.7 Å². The average molecular weight is 307 g/mol. The molecule has 0 spiro atoms. The molecular weight excluding hydrogens is 290 g/mol. The number of thiophene rings is 1. The van der Waals surface area contributed by atoms with Gasteiger partial charge < -0.3 is 5.73 Å². The first-order valence-electron chi connectivity index (χ1n) is 7.27. The van der Waals surface area contributed by atoms with Gasteiger partial charge in [0.15, 0.2) is 5.78 Å². The van der Waals surface area contributed by atoms with Gasteiger partial charge in [0.25, 0.3) is 0 Å². The van der Waals surface area contributed by atoms with Gasteiger partial charge in [-0.2, -0.15) is 0 Å². The number of aryl methyl sites for hydroxylation is 1. The minimum atomic E-state index is -0.0152. The summed E-state index contributed by atoms with van der Waals surface area (Å²) >= 11 is 1.46. The molecule has 0 aliphatic rings. The van der Waals surface area contributed by atoms with E-state index in [1.165, 1.54) is 16.9 Å². The molecule has 110 valence electrons. The molecule has 0 bridgehead atoms. The highest BCUT2D eigenvalue weighted by Gasteiger charge is 2.16. The maximum Gasteiger partial charge on any atom is 0.195 e. The van der Waals surface area contributed by atoms with Crippen LogP contribution in [0.25, 0.3) is 10.4 Å². The van der Waals surface area contributed by atoms with Crippen LogP contribution in [0.4, 0.5) is 5.00 Å². The Hall–Kier alpha value is -2.39. The van der Waals surface area contributed by atoms with Gasteiger partial charge in [0.1, 0.15) is 0 Å². The van der Waals surface area contributed by atoms with Gasteiger partial charge in [-0.15, -0.1) is 11.3 Å². The van der Waals surface area contributed by atoms with Crippen LogP contribution in [0.1, 0.15) is 28.4 Å². The average Bonchev–Trinajstić information content (AvgIpc) is 2.97. The van der Waals surface area contributed by atoms with Crippen LogP contribution in [0.5, 0.6) is 0 Å². The van der Waals surface area contributed by atoms with E-state index in [4.69, 9.17) is 5.73 Å². The number of ketones is 1. The second-order valence-corrected chi connectivity index (χ2v) is 6.22. The van der Waals surface area contributed by atoms with Gasteiger partial charge in [-0.1, -0.05) is 61.5 Å². The van der Waals surface area contributed by atoms with E-state index in [9.17, 15) is 4.79 Å². The van der Waals surface area contributed by atoms with E-state index in [0.717, 1.165) is 16.9 Å². The molecule has 0 radical (unpaired) electrons. The Morgan fingerprint density at radius 1 is 1.05 bits per heavy atom. The third-order valence-electron chi connectivity index (χ3n) is 3.69. The SMILES string of the molecule is CCc1ccc(C(=O)c2cc(-c3ccccc3)sc2N)cc1. The number of hydrogen-bond acceptors (Lipinski definition) is 3. The number of anilines is 1. The number of benzene rings is 2. The van der Waals surface area contributed by atoms with Crippen molar-refractivity contribution in [1.29, 1.82) is 0 Å². The quantitative estimate of drug-likeness (QED) is 0.704. The number of carbonyl (C=O) groups is 1. The first-order valence-corrected chi connectivity index (χ1v) is 8.09. The van der Waals surface area contributed by atoms with Crippen molar-refractivity contribution in [1.82, 2.24) is 0 Å². The van der Waals surface area contributed by atoms with Gasteiger partial charge in [0, 0.05) is 10.4 Å². The van der Waals surface area contributed by atoms with Crippen LogP contribution in [-0.4, -0.2) is 5.78 Å². The molecule has 0 saturated heterocycles. The first kappa shape index (κ1) is 14.5. The molecule has 1 heterocycles. The summed E-state index contributed by atoms with van der Waals surface area (Å²) in [4.78, 5) is 13.7. The van der Waals surface area contributed by atoms with Crippen LogP contribution in [0.2, 0.25) is 0 Å². The zero-order chi connectivity index (χ0) is 15.5. The molecule has 2 N–H and O–H groups in total. The molecule has 3 aromatic rings. The second-order valence-electron chi connectivity index (χ2n) is 5.13. The lowest BCUT2D eigenvalue weighted by Crippen LogP contribution is -2.02. The summed E-state index contributed by atoms with van der Waals surface area (Å²) < 4.78 is 0. The van der Waals surface area contributed by atoms with Crippen molar-refractivity contribution in [3.8, 4) is 10.4 Å². The van der Waals surface area contributed by atoms with Crippen LogP contribution in [0, 0.1) is 0 Å². The minimum absolute atomic E-state index is 0.0152. The van der Waals surface area contributed by atoms with E-state index in [2.05, 4.69) is 6.92 Å². The predicted octanol–water partition coefficient (Wildman–Crippen LogP) is 4.79. The van der Waals surface area contributed by atoms with E-state index >= 15 is 0 Å². The summed E-state index contributed by atoms with van der Waals surface area (Å²) in [7, 11) is 0. The number of rotatable bonds is 4. The molecule has 3 rings (SSSR count). The maximum atomic E-state index is 12.6. The summed E-state index contributed by atoms with van der Waals surface area (Å²) in [5.74, 6) is -0.0152. The monoisotopic (exact) mass is 307 g/mol. The lowest BCUT2D eigenvalue weighted by molar-refractivity contribution is 0.104. The van der Waals surface area contributed by atoms with Crippen molar-refractivity contribution in [2.24, 2.45) is 0 Å². The molecule has 0 fully saturated rings. The Kier molecular flexibility index (Phi) is 4.07. The molecule has 0 aliphatic carbocycles. The molecule has 0 saturated carbocycles. The smallest absolute Gasteiger partial charge is 0.195 e. The van der Waals surface area contributed by atoms with Crippen LogP contribution in [0.15, 0.2) is 60.7 Å². The fourth-order valence-electron chi connectivity index (χ4n) is 2.37. The summed E-state index contributed by atoms with van der Waals surface area (Å²) in [5.41, 5.74) is 9.65. The highest BCUT2D eigenvalue weighted by Crippen LogP contribution is 2.34. The third-order valence-corrected chi connectivity index (χ3v) is 4.70. The second kappa shape index (κ2) is 6.16. The largest absolute Gasteiger partial charge is 0.390 e. The Balaban J connectivity index is 1.94. The van der Waals surface area contributed by atoms with Crippen molar-refractivity contribution >= 4 is 22.1 Å². The molecule has 2 aromatic carbocycles. The zero-order valence-electron chi connectivity index (χ0n) is 12.4. The van der Waals surface area contributed by atoms with Crippen LogP contribution < -0.4 is 5.73 Å². The van der Waals surface area contributed by atoms with Crippen molar-refractivity contribution in [2.45, 2.75) is 13.3 Å². The van der Waals surface area contributed by atoms with E-state index in [0.29, 0.717) is 16.1 Å². The molecule has 0 unspecified atom stereocenters. The lowest BCUT2D eigenvalue weighted by Gasteiger charge is -2.01. The van der Waals surface area contributed by atoms with Crippen LogP contribution in [0.3, 0.4) is 0 Å². The number of carbonyl (C=O) groups excluding carboxylic acids is 1. The standard InChI is InChI=1S/C19H17NOS/c1-2-13-8-10-15(11-9-13)18(21)16-12-17(22-19(16)20)14-6-4-3-5-7-14/h3-12H,2,20H2,1H3. The summed E-state index contributed by atoms with van der Waals surface area (Å²) in [5, 5.41) is 0.573. The highest BCUT2D eigenvalue weighted by atomic mass is 32.1.